The van der Waals surface area contributed by atoms with E-state index in [1.54, 1.807) is 41.9 Å². The minimum Gasteiger partial charge on any atom is -0.378 e. The zero-order valence-electron chi connectivity index (χ0n) is 20.8. The highest BCUT2D eigenvalue weighted by atomic mass is 35.5. The van der Waals surface area contributed by atoms with Crippen molar-refractivity contribution < 1.29 is 22.7 Å². The maximum Gasteiger partial charge on any atom is 0.389 e. The summed E-state index contributed by atoms with van der Waals surface area (Å²) in [7, 11) is 0. The van der Waals surface area contributed by atoms with Crippen LogP contribution in [0.5, 0.6) is 0 Å². The number of nitrogens with zero attached hydrogens (tertiary/aromatic N) is 6. The topological polar surface area (TPSA) is 97.5 Å². The number of amides is 1. The highest BCUT2D eigenvalue weighted by Gasteiger charge is 2.49. The van der Waals surface area contributed by atoms with Gasteiger partial charge in [-0.2, -0.15) is 13.2 Å². The number of hydrogen-bond acceptors (Lipinski definition) is 7. The van der Waals surface area contributed by atoms with Crippen molar-refractivity contribution in [2.24, 2.45) is 0 Å². The van der Waals surface area contributed by atoms with Gasteiger partial charge in [0.2, 0.25) is 5.91 Å². The summed E-state index contributed by atoms with van der Waals surface area (Å²) in [6.45, 7) is 3.83. The van der Waals surface area contributed by atoms with Crippen LogP contribution in [0.2, 0.25) is 5.02 Å². The molecule has 2 aliphatic heterocycles. The second-order valence-electron chi connectivity index (χ2n) is 9.63. The first-order chi connectivity index (χ1) is 18.6. The van der Waals surface area contributed by atoms with Gasteiger partial charge in [-0.1, -0.05) is 23.7 Å². The summed E-state index contributed by atoms with van der Waals surface area (Å²) < 4.78 is 46.2. The second-order valence-corrected chi connectivity index (χ2v) is 10.1. The lowest BCUT2D eigenvalue weighted by Gasteiger charge is -2.32. The van der Waals surface area contributed by atoms with Gasteiger partial charge in [-0.3, -0.25) is 4.79 Å². The number of hydrogen-bond donors (Lipinski definition) is 1. The number of rotatable bonds is 5. The number of aromatic nitrogens is 5. The van der Waals surface area contributed by atoms with Crippen molar-refractivity contribution in [3.63, 3.8) is 0 Å². The van der Waals surface area contributed by atoms with E-state index in [-0.39, 0.29) is 29.5 Å². The zero-order chi connectivity index (χ0) is 27.4. The second kappa shape index (κ2) is 9.45. The molecule has 39 heavy (non-hydrogen) atoms. The van der Waals surface area contributed by atoms with E-state index in [9.17, 15) is 18.0 Å². The average molecular weight is 558 g/mol. The fourth-order valence-electron chi connectivity index (χ4n) is 5.07. The minimum atomic E-state index is -4.34. The third-order valence-electron chi connectivity index (χ3n) is 7.11. The molecule has 1 N–H and O–H groups in total. The standard InChI is InChI=1S/C26H23ClF3N7O2/c1-25(15-3-2-4-16(27)13-15)19-21(35-24(25)38)33-20(34-23(19)36-9-11-39-12-10-36)18-14-37-8-7-31-22(37)17(32-18)5-6-26(28,29)30/h2-4,7-8,13-14H,5-6,9-12H2,1H3,(H,33,34,35,38). The molecule has 1 unspecified atom stereocenters. The van der Waals surface area contributed by atoms with Gasteiger partial charge in [-0.05, 0) is 24.6 Å². The first-order valence-corrected chi connectivity index (χ1v) is 12.7. The van der Waals surface area contributed by atoms with Gasteiger partial charge in [0.15, 0.2) is 11.5 Å². The Labute approximate surface area is 226 Å². The van der Waals surface area contributed by atoms with E-state index in [0.717, 1.165) is 0 Å². The molecule has 0 bridgehead atoms. The average Bonchev–Trinajstić information content (AvgIpc) is 3.49. The summed E-state index contributed by atoms with van der Waals surface area (Å²) in [4.78, 5) is 33.8. The van der Waals surface area contributed by atoms with Gasteiger partial charge in [0.1, 0.15) is 22.7 Å². The van der Waals surface area contributed by atoms with Crippen molar-refractivity contribution in [2.45, 2.75) is 31.4 Å². The lowest BCUT2D eigenvalue weighted by Crippen LogP contribution is -2.40. The van der Waals surface area contributed by atoms with Crippen molar-refractivity contribution in [3.05, 3.63) is 64.7 Å². The van der Waals surface area contributed by atoms with Crippen LogP contribution in [0.3, 0.4) is 0 Å². The Morgan fingerprint density at radius 2 is 1.97 bits per heavy atom. The van der Waals surface area contributed by atoms with Gasteiger partial charge in [0.05, 0.1) is 24.5 Å². The summed E-state index contributed by atoms with van der Waals surface area (Å²) in [5.74, 6) is 0.737. The lowest BCUT2D eigenvalue weighted by molar-refractivity contribution is -0.134. The molecule has 0 aliphatic carbocycles. The maximum absolute atomic E-state index is 13.5. The van der Waals surface area contributed by atoms with E-state index < -0.39 is 18.0 Å². The molecule has 13 heteroatoms. The van der Waals surface area contributed by atoms with Crippen LogP contribution in [-0.4, -0.2) is 62.7 Å². The smallest absolute Gasteiger partial charge is 0.378 e. The normalized spacial score (nSPS) is 19.4. The monoisotopic (exact) mass is 557 g/mol. The van der Waals surface area contributed by atoms with E-state index >= 15 is 0 Å². The number of nitrogens with one attached hydrogen (secondary N) is 1. The van der Waals surface area contributed by atoms with Gasteiger partial charge in [0.25, 0.3) is 0 Å². The highest BCUT2D eigenvalue weighted by molar-refractivity contribution is 6.30. The molecule has 4 aromatic rings. The number of fused-ring (bicyclic) bond motifs is 2. The number of carbonyl (C=O) groups excluding carboxylic acids is 1. The third-order valence-corrected chi connectivity index (χ3v) is 7.34. The Bertz CT molecular complexity index is 1590. The van der Waals surface area contributed by atoms with Crippen LogP contribution in [0.4, 0.5) is 24.8 Å². The molecule has 3 aromatic heterocycles. The van der Waals surface area contributed by atoms with Crippen LogP contribution in [-0.2, 0) is 21.4 Å². The van der Waals surface area contributed by atoms with E-state index in [1.165, 1.54) is 6.20 Å². The van der Waals surface area contributed by atoms with Gasteiger partial charge in [-0.25, -0.2) is 19.9 Å². The molecule has 0 saturated carbocycles. The molecule has 1 atom stereocenters. The number of anilines is 2. The summed E-state index contributed by atoms with van der Waals surface area (Å²) in [6.07, 6.45) is -0.975. The van der Waals surface area contributed by atoms with E-state index in [1.807, 2.05) is 11.0 Å². The lowest BCUT2D eigenvalue weighted by atomic mass is 9.77. The van der Waals surface area contributed by atoms with Crippen molar-refractivity contribution in [1.82, 2.24) is 24.3 Å². The van der Waals surface area contributed by atoms with Crippen LogP contribution in [0, 0.1) is 0 Å². The molecule has 9 nitrogen and oxygen atoms in total. The van der Waals surface area contributed by atoms with Crippen molar-refractivity contribution in [3.8, 4) is 11.5 Å². The predicted octanol–water partition coefficient (Wildman–Crippen LogP) is 4.43. The van der Waals surface area contributed by atoms with E-state index in [4.69, 9.17) is 21.3 Å². The van der Waals surface area contributed by atoms with Gasteiger partial charge in [-0.15, -0.1) is 0 Å². The van der Waals surface area contributed by atoms with Crippen LogP contribution in [0.15, 0.2) is 42.9 Å². The SMILES string of the molecule is CC1(c2cccc(Cl)c2)C(=O)Nc2nc(-c3cn4ccnc4c(CCC(F)(F)F)n3)nc(N3CCOCC3)c21. The summed E-state index contributed by atoms with van der Waals surface area (Å²) in [6, 6.07) is 7.09. The number of ether oxygens (including phenoxy) is 1. The first-order valence-electron chi connectivity index (χ1n) is 12.4. The summed E-state index contributed by atoms with van der Waals surface area (Å²) in [5, 5.41) is 3.39. The molecule has 0 radical (unpaired) electrons. The fourth-order valence-corrected chi connectivity index (χ4v) is 5.26. The molecule has 1 saturated heterocycles. The van der Waals surface area contributed by atoms with Crippen LogP contribution in [0.1, 0.15) is 30.2 Å². The summed E-state index contributed by atoms with van der Waals surface area (Å²) >= 11 is 6.28. The molecule has 202 valence electrons. The fraction of sp³-hybridized carbons (Fsp3) is 0.346. The molecule has 1 aromatic carbocycles. The Kier molecular flexibility index (Phi) is 6.18. The van der Waals surface area contributed by atoms with E-state index in [0.29, 0.717) is 59.7 Å². The number of alkyl halides is 3. The quantitative estimate of drug-likeness (QED) is 0.388. The molecule has 1 amide bonds. The Morgan fingerprint density at radius 1 is 1.18 bits per heavy atom. The van der Waals surface area contributed by atoms with Crippen LogP contribution in [0.25, 0.3) is 17.2 Å². The third kappa shape index (κ3) is 4.57. The van der Waals surface area contributed by atoms with Crippen molar-refractivity contribution in [1.29, 1.82) is 0 Å². The first kappa shape index (κ1) is 25.5. The molecular weight excluding hydrogens is 535 g/mol. The Hall–Kier alpha value is -3.77. The number of halogens is 4. The van der Waals surface area contributed by atoms with Crippen LogP contribution < -0.4 is 10.2 Å². The molecule has 0 spiro atoms. The van der Waals surface area contributed by atoms with Gasteiger partial charge < -0.3 is 19.4 Å². The van der Waals surface area contributed by atoms with E-state index in [2.05, 4.69) is 20.3 Å². The van der Waals surface area contributed by atoms with Gasteiger partial charge >= 0.3 is 6.18 Å². The minimum absolute atomic E-state index is 0.176. The molecular formula is C26H23ClF3N7O2. The highest BCUT2D eigenvalue weighted by Crippen LogP contribution is 2.47. The number of aryl methyl sites for hydroxylation is 1. The van der Waals surface area contributed by atoms with Crippen molar-refractivity contribution in [2.75, 3.05) is 36.5 Å². The number of morpholine rings is 1. The Balaban J connectivity index is 1.53. The molecule has 2 aliphatic rings. The molecule has 1 fully saturated rings. The summed E-state index contributed by atoms with van der Waals surface area (Å²) in [5.41, 5.74) is 0.928. The van der Waals surface area contributed by atoms with Gasteiger partial charge in [0, 0.05) is 49.5 Å². The number of benzene rings is 1. The van der Waals surface area contributed by atoms with Crippen LogP contribution >= 0.6 is 11.6 Å². The predicted molar refractivity (Wildman–Crippen MR) is 138 cm³/mol. The molecule has 5 heterocycles. The number of carbonyl (C=O) groups is 1. The zero-order valence-corrected chi connectivity index (χ0v) is 21.6. The molecule has 6 rings (SSSR count). The largest absolute Gasteiger partial charge is 0.389 e. The van der Waals surface area contributed by atoms with Crippen molar-refractivity contribution >= 4 is 34.8 Å². The maximum atomic E-state index is 13.5. The Morgan fingerprint density at radius 3 is 2.72 bits per heavy atom. The number of imidazole rings is 1.